The maximum Gasteiger partial charge on any atom is 0.407 e. The molecule has 0 radical (unpaired) electrons. The van der Waals surface area contributed by atoms with E-state index in [9.17, 15) is 43.5 Å². The van der Waals surface area contributed by atoms with Crippen LogP contribution in [0.15, 0.2) is 66.7 Å². The van der Waals surface area contributed by atoms with Crippen molar-refractivity contribution >= 4 is 47.7 Å². The van der Waals surface area contributed by atoms with E-state index in [-0.39, 0.29) is 80.9 Å². The first kappa shape index (κ1) is 62.0. The van der Waals surface area contributed by atoms with Gasteiger partial charge in [-0.2, -0.15) is 0 Å². The number of alkyl carbamates (subject to hydrolysis) is 1. The molecule has 0 unspecified atom stereocenters. The largest absolute Gasteiger partial charge is 0.467 e. The van der Waals surface area contributed by atoms with Gasteiger partial charge in [0.05, 0.1) is 51.2 Å². The van der Waals surface area contributed by atoms with Crippen LogP contribution in [-0.4, -0.2) is 165 Å². The lowest BCUT2D eigenvalue weighted by Crippen LogP contribution is -2.69. The van der Waals surface area contributed by atoms with Crippen LogP contribution < -0.4 is 20.7 Å². The molecule has 2 heterocycles. The van der Waals surface area contributed by atoms with Crippen molar-refractivity contribution in [3.63, 3.8) is 0 Å². The van der Waals surface area contributed by atoms with Crippen molar-refractivity contribution in [3.05, 3.63) is 89.0 Å². The topological polar surface area (TPSA) is 288 Å². The van der Waals surface area contributed by atoms with Crippen molar-refractivity contribution < 1.29 is 90.8 Å². The number of aliphatic hydroxyl groups excluding tert-OH is 1. The average Bonchev–Trinajstić information content (AvgIpc) is 3.75. The predicted octanol–water partition coefficient (Wildman–Crippen LogP) is 3.90. The molecule has 2 saturated heterocycles. The van der Waals surface area contributed by atoms with Gasteiger partial charge in [-0.25, -0.2) is 9.59 Å². The van der Waals surface area contributed by atoms with Crippen molar-refractivity contribution in [3.8, 4) is 16.9 Å². The fourth-order valence-corrected chi connectivity index (χ4v) is 9.43. The molecule has 6 rings (SSSR count). The molecule has 4 amide bonds. The van der Waals surface area contributed by atoms with Crippen LogP contribution in [0.4, 0.5) is 4.79 Å². The third-order valence-corrected chi connectivity index (χ3v) is 13.9. The fraction of sp³-hybridized carbons (Fsp3) is 0.544. The van der Waals surface area contributed by atoms with Crippen LogP contribution in [0.2, 0.25) is 0 Å². The summed E-state index contributed by atoms with van der Waals surface area (Å²) in [6, 6.07) is 20.4. The van der Waals surface area contributed by atoms with E-state index in [2.05, 4.69) is 16.0 Å². The molecule has 0 saturated carbocycles. The summed E-state index contributed by atoms with van der Waals surface area (Å²) in [6.07, 6.45) is -7.90. The van der Waals surface area contributed by atoms with Crippen LogP contribution in [0, 0.1) is 0 Å². The minimum absolute atomic E-state index is 0.0142. The maximum atomic E-state index is 13.5. The number of hydrogen-bond acceptors (Lipinski definition) is 19. The van der Waals surface area contributed by atoms with E-state index in [0.717, 1.165) is 50.1 Å². The van der Waals surface area contributed by atoms with Crippen molar-refractivity contribution in [1.82, 2.24) is 20.9 Å². The monoisotopic (exact) mass is 1120 g/mol. The van der Waals surface area contributed by atoms with E-state index in [4.69, 9.17) is 47.4 Å². The highest BCUT2D eigenvalue weighted by atomic mass is 16.7. The number of carbonyl (C=O) groups is 8. The number of methoxy groups -OCH3 is 2. The van der Waals surface area contributed by atoms with Crippen LogP contribution in [0.1, 0.15) is 102 Å². The first-order chi connectivity index (χ1) is 38.0. The van der Waals surface area contributed by atoms with Gasteiger partial charge in [-0.3, -0.25) is 28.8 Å². The van der Waals surface area contributed by atoms with Gasteiger partial charge in [-0.15, -0.1) is 0 Å². The molecular weight excluding hydrogens is 1040 g/mol. The molecule has 436 valence electrons. The predicted molar refractivity (Wildman–Crippen MR) is 283 cm³/mol. The second-order valence-electron chi connectivity index (χ2n) is 21.0. The normalized spacial score (nSPS) is 19.2. The molecule has 2 aliphatic heterocycles. The lowest BCUT2D eigenvalue weighted by atomic mass is 9.92. The first-order valence-electron chi connectivity index (χ1n) is 26.3. The number of nitrogens with one attached hydrogen (secondary N) is 3. The van der Waals surface area contributed by atoms with Crippen molar-refractivity contribution in [1.29, 1.82) is 0 Å². The van der Waals surface area contributed by atoms with Gasteiger partial charge in [-0.1, -0.05) is 54.6 Å². The molecular formula is C57H74N4O19. The number of rotatable bonds is 27. The van der Waals surface area contributed by atoms with E-state index in [0.29, 0.717) is 25.0 Å². The molecule has 0 spiro atoms. The lowest BCUT2D eigenvalue weighted by Gasteiger charge is -2.49. The average molecular weight is 1120 g/mol. The number of nitrogens with zero attached hydrogens (tertiary/aromatic N) is 1. The summed E-state index contributed by atoms with van der Waals surface area (Å²) in [7, 11) is 2.69. The summed E-state index contributed by atoms with van der Waals surface area (Å²) in [6.45, 7) is 10.3. The number of carbonyl (C=O) groups excluding carboxylic acids is 8. The highest BCUT2D eigenvalue weighted by Crippen LogP contribution is 2.44. The molecule has 0 aromatic heterocycles. The highest BCUT2D eigenvalue weighted by Gasteiger charge is 2.56. The van der Waals surface area contributed by atoms with Crippen LogP contribution in [0.3, 0.4) is 0 Å². The van der Waals surface area contributed by atoms with E-state index < -0.39 is 96.9 Å². The third kappa shape index (κ3) is 16.9. The summed E-state index contributed by atoms with van der Waals surface area (Å²) in [5.41, 5.74) is 2.84. The molecule has 23 nitrogen and oxygen atoms in total. The van der Waals surface area contributed by atoms with Gasteiger partial charge in [0, 0.05) is 65.3 Å². The molecule has 3 aromatic carbocycles. The molecule has 5 atom stereocenters. The van der Waals surface area contributed by atoms with Crippen molar-refractivity contribution in [2.24, 2.45) is 0 Å². The standard InChI is InChI=1S/C57H74N4O19/c1-34(63)76-48-49(77-35(2)64)51(78-36(3)65)53(80-50(48)52(69)71-8)79-44-19-18-37(28-62)26-38(44)27-59-45(66)21-24-58-46(67)30-75-57(32-61(33-57)47(68)20-22-56(6,7)74-25-23-55(4,5)72-9)31-60-54(70)73-29-43-41-16-12-10-14-39(41)40-15-11-13-17-42(40)43/h10-19,26,43,48-51,53,62H,20-25,27-33H2,1-9H3,(H,58,67)(H,59,66)(H,60,70)/t48-,49-,50-,51+,53+/m0/s1. The van der Waals surface area contributed by atoms with Gasteiger partial charge in [0.1, 0.15) is 24.6 Å². The summed E-state index contributed by atoms with van der Waals surface area (Å²) < 4.78 is 56.7. The Kier molecular flexibility index (Phi) is 21.6. The first-order valence-corrected chi connectivity index (χ1v) is 26.3. The zero-order valence-electron chi connectivity index (χ0n) is 46.8. The SMILES string of the molecule is COC(=O)[C@H]1O[C@@H](Oc2ccc(CO)cc2CNC(=O)CCNC(=O)COC2(CNC(=O)OCC3c4ccccc4-c4ccccc43)CN(C(=O)CCC(C)(C)OCCC(C)(C)OC)C2)[C@H](OC(C)=O)[C@@H](OC(C)=O)[C@@H]1OC(C)=O. The van der Waals surface area contributed by atoms with E-state index in [1.807, 2.05) is 76.2 Å². The Hall–Kier alpha value is -7.18. The van der Waals surface area contributed by atoms with E-state index in [1.54, 1.807) is 12.0 Å². The Morgan fingerprint density at radius 2 is 1.36 bits per heavy atom. The molecule has 2 fully saturated rings. The van der Waals surface area contributed by atoms with Crippen LogP contribution in [0.25, 0.3) is 11.1 Å². The highest BCUT2D eigenvalue weighted by molar-refractivity contribution is 5.81. The molecule has 4 N–H and O–H groups in total. The molecule has 3 aliphatic rings. The van der Waals surface area contributed by atoms with E-state index >= 15 is 0 Å². The van der Waals surface area contributed by atoms with Crippen LogP contribution >= 0.6 is 0 Å². The fourth-order valence-electron chi connectivity index (χ4n) is 9.43. The van der Waals surface area contributed by atoms with Crippen molar-refractivity contribution in [2.75, 3.05) is 60.2 Å². The maximum absolute atomic E-state index is 13.5. The second kappa shape index (κ2) is 27.8. The molecule has 80 heavy (non-hydrogen) atoms. The van der Waals surface area contributed by atoms with Gasteiger partial charge < -0.3 is 73.3 Å². The minimum atomic E-state index is -1.73. The number of likely N-dealkylation sites (tertiary alicyclic amines) is 1. The number of ether oxygens (including phenoxy) is 10. The summed E-state index contributed by atoms with van der Waals surface area (Å²) >= 11 is 0. The molecule has 1 aliphatic carbocycles. The zero-order valence-corrected chi connectivity index (χ0v) is 46.8. The van der Waals surface area contributed by atoms with E-state index in [1.165, 1.54) is 18.2 Å². The van der Waals surface area contributed by atoms with Gasteiger partial charge in [0.25, 0.3) is 0 Å². The van der Waals surface area contributed by atoms with Crippen molar-refractivity contribution in [2.45, 2.75) is 141 Å². The number of amides is 4. The Morgan fingerprint density at radius 3 is 1.98 bits per heavy atom. The van der Waals surface area contributed by atoms with Gasteiger partial charge >= 0.3 is 30.0 Å². The number of esters is 4. The number of aliphatic hydroxyl groups is 1. The lowest BCUT2D eigenvalue weighted by molar-refractivity contribution is -0.282. The number of fused-ring (bicyclic) bond motifs is 3. The zero-order chi connectivity index (χ0) is 58.4. The smallest absolute Gasteiger partial charge is 0.407 e. The van der Waals surface area contributed by atoms with Gasteiger partial charge in [0.15, 0.2) is 18.3 Å². The Morgan fingerprint density at radius 1 is 0.738 bits per heavy atom. The molecule has 0 bridgehead atoms. The Labute approximate surface area is 464 Å². The Bertz CT molecular complexity index is 2660. The Balaban J connectivity index is 1.05. The van der Waals surface area contributed by atoms with Gasteiger partial charge in [-0.05, 0) is 80.5 Å². The van der Waals surface area contributed by atoms with Crippen LogP contribution in [0.5, 0.6) is 5.75 Å². The summed E-state index contributed by atoms with van der Waals surface area (Å²) in [5, 5.41) is 18.1. The molecule has 3 aromatic rings. The minimum Gasteiger partial charge on any atom is -0.467 e. The molecule has 23 heteroatoms. The summed E-state index contributed by atoms with van der Waals surface area (Å²) in [5.74, 6) is -5.08. The number of hydrogen-bond donors (Lipinski definition) is 4. The third-order valence-electron chi connectivity index (χ3n) is 13.9. The van der Waals surface area contributed by atoms with Crippen LogP contribution in [-0.2, 0) is 89.3 Å². The van der Waals surface area contributed by atoms with Gasteiger partial charge in [0.2, 0.25) is 30.1 Å². The number of benzene rings is 3. The second-order valence-corrected chi connectivity index (χ2v) is 21.0. The summed E-state index contributed by atoms with van der Waals surface area (Å²) in [4.78, 5) is 105. The quantitative estimate of drug-likeness (QED) is 0.0622.